The monoisotopic (exact) mass is 420 g/mol. The van der Waals surface area contributed by atoms with Crippen LogP contribution in [0.15, 0.2) is 32.5 Å². The highest BCUT2D eigenvalue weighted by Gasteiger charge is 2.21. The average molecular weight is 420 g/mol. The van der Waals surface area contributed by atoms with Gasteiger partial charge in [0.05, 0.1) is 18.9 Å². The van der Waals surface area contributed by atoms with Crippen LogP contribution in [0.4, 0.5) is 16.0 Å². The molecule has 154 valence electrons. The number of methoxy groups -OCH3 is 1. The fraction of sp³-hybridized carbons (Fsp3) is 0.353. The summed E-state index contributed by atoms with van der Waals surface area (Å²) in [4.78, 5) is 28.8. The second-order valence-electron chi connectivity index (χ2n) is 5.96. The van der Waals surface area contributed by atoms with E-state index >= 15 is 0 Å². The number of aliphatic imine (C=N–C) groups is 1. The summed E-state index contributed by atoms with van der Waals surface area (Å²) in [5.41, 5.74) is 5.51. The van der Waals surface area contributed by atoms with Crippen molar-refractivity contribution in [1.82, 2.24) is 10.2 Å². The maximum absolute atomic E-state index is 12.5. The molecule has 0 aliphatic carbocycles. The zero-order chi connectivity index (χ0) is 20.8. The standard InChI is InChI=1S/C17H20N6O5S/c1-9(3-5-18)20-16-22-23-17(29-16)21-14(24)12-7-11(13(26-2)15(25)28-12)19-8-10-4-6-27-10/h3,5,7,10,19H,4,6,8,18H2,1-2H3,(H,21,23,24)/b5-3-,20-9+/t10-/m0/s1. The SMILES string of the molecule is COc1c(NC[C@@H]2CCO2)cc(C(=O)Nc2nnc(/N=C(C)/C=C\N)s2)oc1=O. The predicted molar refractivity (Wildman–Crippen MR) is 108 cm³/mol. The molecule has 0 bridgehead atoms. The normalized spacial score (nSPS) is 16.5. The van der Waals surface area contributed by atoms with Crippen LogP contribution in [0.25, 0.3) is 0 Å². The molecular formula is C17H20N6O5S. The molecule has 3 rings (SSSR count). The van der Waals surface area contributed by atoms with Crippen molar-refractivity contribution in [1.29, 1.82) is 0 Å². The van der Waals surface area contributed by atoms with E-state index in [9.17, 15) is 9.59 Å². The Balaban J connectivity index is 1.74. The van der Waals surface area contributed by atoms with Crippen LogP contribution >= 0.6 is 11.3 Å². The van der Waals surface area contributed by atoms with Crippen LogP contribution < -0.4 is 26.7 Å². The molecular weight excluding hydrogens is 400 g/mol. The summed E-state index contributed by atoms with van der Waals surface area (Å²) in [5, 5.41) is 13.8. The third-order valence-corrected chi connectivity index (χ3v) is 4.63. The minimum Gasteiger partial charge on any atom is -0.488 e. The number of rotatable bonds is 8. The van der Waals surface area contributed by atoms with Crippen molar-refractivity contribution in [3.63, 3.8) is 0 Å². The van der Waals surface area contributed by atoms with Gasteiger partial charge in [-0.15, -0.1) is 10.2 Å². The van der Waals surface area contributed by atoms with Crippen molar-refractivity contribution in [3.05, 3.63) is 34.5 Å². The van der Waals surface area contributed by atoms with Gasteiger partial charge in [0, 0.05) is 24.9 Å². The highest BCUT2D eigenvalue weighted by atomic mass is 32.1. The van der Waals surface area contributed by atoms with Crippen molar-refractivity contribution in [2.45, 2.75) is 19.4 Å². The van der Waals surface area contributed by atoms with Gasteiger partial charge in [-0.1, -0.05) is 11.3 Å². The topological polar surface area (TPSA) is 154 Å². The van der Waals surface area contributed by atoms with E-state index in [-0.39, 0.29) is 22.7 Å². The maximum atomic E-state index is 12.5. The van der Waals surface area contributed by atoms with Crippen LogP contribution in [0, 0.1) is 0 Å². The summed E-state index contributed by atoms with van der Waals surface area (Å²) in [7, 11) is 1.35. The lowest BCUT2D eigenvalue weighted by atomic mass is 10.2. The Kier molecular flexibility index (Phi) is 6.57. The molecule has 1 aliphatic heterocycles. The number of carbonyl (C=O) groups is 1. The van der Waals surface area contributed by atoms with Gasteiger partial charge in [0.2, 0.25) is 16.0 Å². The number of hydrogen-bond acceptors (Lipinski definition) is 11. The van der Waals surface area contributed by atoms with Crippen molar-refractivity contribution in [3.8, 4) is 5.75 Å². The van der Waals surface area contributed by atoms with Gasteiger partial charge in [0.1, 0.15) is 0 Å². The van der Waals surface area contributed by atoms with E-state index in [0.717, 1.165) is 17.8 Å². The van der Waals surface area contributed by atoms with E-state index in [0.29, 0.717) is 29.7 Å². The summed E-state index contributed by atoms with van der Waals surface area (Å²) >= 11 is 1.06. The quantitative estimate of drug-likeness (QED) is 0.539. The molecule has 0 aromatic carbocycles. The molecule has 1 fully saturated rings. The Bertz CT molecular complexity index is 994. The molecule has 0 saturated carbocycles. The molecule has 1 amide bonds. The van der Waals surface area contributed by atoms with E-state index in [1.807, 2.05) is 0 Å². The molecule has 2 aromatic rings. The lowest BCUT2D eigenvalue weighted by Gasteiger charge is -2.27. The summed E-state index contributed by atoms with van der Waals surface area (Å²) in [6.07, 6.45) is 3.94. The first kappa shape index (κ1) is 20.5. The third kappa shape index (κ3) is 5.18. The second kappa shape index (κ2) is 9.30. The van der Waals surface area contributed by atoms with Crippen molar-refractivity contribution in [2.75, 3.05) is 30.9 Å². The molecule has 29 heavy (non-hydrogen) atoms. The van der Waals surface area contributed by atoms with Gasteiger partial charge in [-0.05, 0) is 25.6 Å². The van der Waals surface area contributed by atoms with Crippen molar-refractivity contribution < 1.29 is 18.7 Å². The molecule has 1 aliphatic rings. The van der Waals surface area contributed by atoms with Crippen LogP contribution in [-0.2, 0) is 4.74 Å². The first-order chi connectivity index (χ1) is 14.0. The van der Waals surface area contributed by atoms with E-state index in [1.54, 1.807) is 13.0 Å². The Morgan fingerprint density at radius 2 is 2.31 bits per heavy atom. The molecule has 0 unspecified atom stereocenters. The fourth-order valence-corrected chi connectivity index (χ4v) is 3.05. The third-order valence-electron chi connectivity index (χ3n) is 3.89. The number of carbonyl (C=O) groups excluding carboxylic acids is 1. The van der Waals surface area contributed by atoms with Crippen LogP contribution in [-0.4, -0.2) is 48.2 Å². The Morgan fingerprint density at radius 1 is 1.52 bits per heavy atom. The van der Waals surface area contributed by atoms with Gasteiger partial charge >= 0.3 is 5.63 Å². The number of nitrogens with one attached hydrogen (secondary N) is 2. The highest BCUT2D eigenvalue weighted by Crippen LogP contribution is 2.25. The largest absolute Gasteiger partial charge is 0.488 e. The molecule has 0 spiro atoms. The van der Waals surface area contributed by atoms with Gasteiger partial charge in [0.25, 0.3) is 5.91 Å². The molecule has 3 heterocycles. The zero-order valence-electron chi connectivity index (χ0n) is 15.8. The average Bonchev–Trinajstić information content (AvgIpc) is 3.07. The van der Waals surface area contributed by atoms with Gasteiger partial charge in [0.15, 0.2) is 5.76 Å². The number of hydrogen-bond donors (Lipinski definition) is 3. The maximum Gasteiger partial charge on any atom is 0.381 e. The Labute approximate surface area is 169 Å². The lowest BCUT2D eigenvalue weighted by Crippen LogP contribution is -2.33. The molecule has 4 N–H and O–H groups in total. The summed E-state index contributed by atoms with van der Waals surface area (Å²) in [5.74, 6) is -0.870. The van der Waals surface area contributed by atoms with Crippen LogP contribution in [0.2, 0.25) is 0 Å². The smallest absolute Gasteiger partial charge is 0.381 e. The molecule has 2 aromatic heterocycles. The zero-order valence-corrected chi connectivity index (χ0v) is 16.6. The molecule has 1 atom stereocenters. The Morgan fingerprint density at radius 3 is 2.97 bits per heavy atom. The van der Waals surface area contributed by atoms with Crippen LogP contribution in [0.5, 0.6) is 5.75 Å². The highest BCUT2D eigenvalue weighted by molar-refractivity contribution is 7.18. The summed E-state index contributed by atoms with van der Waals surface area (Å²) in [6, 6.07) is 1.39. The van der Waals surface area contributed by atoms with E-state index in [1.165, 1.54) is 19.4 Å². The van der Waals surface area contributed by atoms with E-state index < -0.39 is 11.5 Å². The Hall–Kier alpha value is -3.25. The number of allylic oxidation sites excluding steroid dienone is 1. The molecule has 1 saturated heterocycles. The lowest BCUT2D eigenvalue weighted by molar-refractivity contribution is -0.0410. The number of ether oxygens (including phenoxy) is 2. The first-order valence-corrected chi connectivity index (χ1v) is 9.48. The number of amides is 1. The molecule has 11 nitrogen and oxygen atoms in total. The van der Waals surface area contributed by atoms with Gasteiger partial charge in [-0.25, -0.2) is 9.79 Å². The molecule has 0 radical (unpaired) electrons. The fourth-order valence-electron chi connectivity index (χ4n) is 2.39. The minimum absolute atomic E-state index is 0.0168. The van der Waals surface area contributed by atoms with Crippen LogP contribution in [0.1, 0.15) is 23.9 Å². The number of anilines is 2. The van der Waals surface area contributed by atoms with E-state index in [4.69, 9.17) is 19.6 Å². The molecule has 12 heteroatoms. The van der Waals surface area contributed by atoms with Gasteiger partial charge < -0.3 is 24.9 Å². The number of nitrogens with zero attached hydrogens (tertiary/aromatic N) is 3. The second-order valence-corrected chi connectivity index (χ2v) is 6.92. The summed E-state index contributed by atoms with van der Waals surface area (Å²) < 4.78 is 15.5. The van der Waals surface area contributed by atoms with Gasteiger partial charge in [-0.2, -0.15) is 0 Å². The number of nitrogens with two attached hydrogens (primary N) is 1. The minimum atomic E-state index is -0.774. The van der Waals surface area contributed by atoms with Crippen molar-refractivity contribution >= 4 is 38.9 Å². The van der Waals surface area contributed by atoms with E-state index in [2.05, 4.69) is 25.8 Å². The first-order valence-electron chi connectivity index (χ1n) is 8.66. The van der Waals surface area contributed by atoms with Crippen molar-refractivity contribution in [2.24, 2.45) is 10.7 Å². The predicted octanol–water partition coefficient (Wildman–Crippen LogP) is 1.52. The number of aromatic nitrogens is 2. The van der Waals surface area contributed by atoms with Crippen LogP contribution in [0.3, 0.4) is 0 Å². The summed E-state index contributed by atoms with van der Waals surface area (Å²) in [6.45, 7) is 2.94. The van der Waals surface area contributed by atoms with Gasteiger partial charge in [-0.3, -0.25) is 10.1 Å².